The smallest absolute Gasteiger partial charge is 0.145 e. The van der Waals surface area contributed by atoms with Crippen LogP contribution in [0.3, 0.4) is 0 Å². The molecule has 2 rings (SSSR count). The second-order valence-corrected chi connectivity index (χ2v) is 5.03. The van der Waals surface area contributed by atoms with Gasteiger partial charge in [0.2, 0.25) is 0 Å². The van der Waals surface area contributed by atoms with Crippen LogP contribution in [0.1, 0.15) is 25.1 Å². The van der Waals surface area contributed by atoms with E-state index in [0.717, 1.165) is 28.5 Å². The van der Waals surface area contributed by atoms with Crippen molar-refractivity contribution in [2.75, 3.05) is 6.26 Å². The number of benzene rings is 1. The Morgan fingerprint density at radius 3 is 2.68 bits per heavy atom. The summed E-state index contributed by atoms with van der Waals surface area (Å²) in [6, 6.07) is 11.8. The average Bonchev–Trinajstić information content (AvgIpc) is 2.48. The molecule has 2 aromatic rings. The molecule has 1 aromatic heterocycles. The van der Waals surface area contributed by atoms with Crippen LogP contribution in [0.25, 0.3) is 0 Å². The van der Waals surface area contributed by atoms with Crippen LogP contribution >= 0.6 is 11.8 Å². The van der Waals surface area contributed by atoms with E-state index in [1.165, 1.54) is 0 Å². The van der Waals surface area contributed by atoms with E-state index in [2.05, 4.69) is 4.98 Å². The van der Waals surface area contributed by atoms with Crippen molar-refractivity contribution in [2.45, 2.75) is 24.3 Å². The quantitative estimate of drug-likeness (QED) is 0.837. The Morgan fingerprint density at radius 1 is 1.26 bits per heavy atom. The van der Waals surface area contributed by atoms with Crippen molar-refractivity contribution < 1.29 is 4.74 Å². The van der Waals surface area contributed by atoms with Gasteiger partial charge in [-0.3, -0.25) is 4.98 Å². The highest BCUT2D eigenvalue weighted by molar-refractivity contribution is 7.98. The van der Waals surface area contributed by atoms with Gasteiger partial charge >= 0.3 is 0 Å². The highest BCUT2D eigenvalue weighted by atomic mass is 32.2. The van der Waals surface area contributed by atoms with Gasteiger partial charge in [0.05, 0.1) is 11.9 Å². The number of nitrogens with two attached hydrogens (primary N) is 1. The molecule has 4 heteroatoms. The lowest BCUT2D eigenvalue weighted by molar-refractivity contribution is 0.467. The zero-order chi connectivity index (χ0) is 13.7. The van der Waals surface area contributed by atoms with E-state index in [4.69, 9.17) is 10.5 Å². The third kappa shape index (κ3) is 3.49. The highest BCUT2D eigenvalue weighted by Gasteiger charge is 2.06. The van der Waals surface area contributed by atoms with Gasteiger partial charge in [-0.25, -0.2) is 0 Å². The molecule has 0 radical (unpaired) electrons. The van der Waals surface area contributed by atoms with Crippen LogP contribution < -0.4 is 10.5 Å². The van der Waals surface area contributed by atoms with Crippen LogP contribution in [-0.4, -0.2) is 11.2 Å². The van der Waals surface area contributed by atoms with Gasteiger partial charge in [-0.1, -0.05) is 19.1 Å². The van der Waals surface area contributed by atoms with E-state index in [0.29, 0.717) is 0 Å². The molecule has 1 aromatic carbocycles. The Balaban J connectivity index is 2.15. The molecule has 0 fully saturated rings. The molecule has 0 amide bonds. The summed E-state index contributed by atoms with van der Waals surface area (Å²) in [4.78, 5) is 5.45. The minimum atomic E-state index is -0.00691. The predicted octanol–water partition coefficient (Wildman–Crippen LogP) is 4.01. The van der Waals surface area contributed by atoms with E-state index in [9.17, 15) is 0 Å². The Kier molecular flexibility index (Phi) is 4.82. The van der Waals surface area contributed by atoms with E-state index >= 15 is 0 Å². The summed E-state index contributed by atoms with van der Waals surface area (Å²) in [5.74, 6) is 1.58. The normalized spacial score (nSPS) is 12.2. The van der Waals surface area contributed by atoms with Gasteiger partial charge in [0.1, 0.15) is 11.5 Å². The Bertz CT molecular complexity index is 528. The van der Waals surface area contributed by atoms with E-state index in [1.54, 1.807) is 18.0 Å². The molecule has 0 spiro atoms. The van der Waals surface area contributed by atoms with Crippen LogP contribution in [0.4, 0.5) is 0 Å². The fourth-order valence-corrected chi connectivity index (χ4v) is 2.24. The summed E-state index contributed by atoms with van der Waals surface area (Å²) in [7, 11) is 0. The van der Waals surface area contributed by atoms with Crippen molar-refractivity contribution in [1.29, 1.82) is 0 Å². The SMILES string of the molecule is CC[C@H](N)c1ccc(Oc2ccccc2SC)cn1. The fourth-order valence-electron chi connectivity index (χ4n) is 1.71. The summed E-state index contributed by atoms with van der Waals surface area (Å²) in [5.41, 5.74) is 6.83. The van der Waals surface area contributed by atoms with Gasteiger partial charge in [0.25, 0.3) is 0 Å². The molecule has 0 aliphatic rings. The first-order valence-electron chi connectivity index (χ1n) is 6.27. The standard InChI is InChI=1S/C15H18N2OS/c1-3-12(16)13-9-8-11(10-17-13)18-14-6-4-5-7-15(14)19-2/h4-10,12H,3,16H2,1-2H3/t12-/m0/s1. The lowest BCUT2D eigenvalue weighted by Gasteiger charge is -2.11. The maximum absolute atomic E-state index is 5.94. The highest BCUT2D eigenvalue weighted by Crippen LogP contribution is 2.31. The Hall–Kier alpha value is -1.52. The third-order valence-electron chi connectivity index (χ3n) is 2.88. The second-order valence-electron chi connectivity index (χ2n) is 4.19. The first-order valence-corrected chi connectivity index (χ1v) is 7.49. The monoisotopic (exact) mass is 274 g/mol. The summed E-state index contributed by atoms with van der Waals surface area (Å²) >= 11 is 1.66. The van der Waals surface area contributed by atoms with Crippen molar-refractivity contribution in [1.82, 2.24) is 4.98 Å². The fraction of sp³-hybridized carbons (Fsp3) is 0.267. The maximum Gasteiger partial charge on any atom is 0.145 e. The summed E-state index contributed by atoms with van der Waals surface area (Å²) in [6.45, 7) is 2.05. The summed E-state index contributed by atoms with van der Waals surface area (Å²) in [5, 5.41) is 0. The Labute approximate surface area is 118 Å². The number of para-hydroxylation sites is 1. The zero-order valence-corrected chi connectivity index (χ0v) is 12.0. The summed E-state index contributed by atoms with van der Waals surface area (Å²) in [6.07, 6.45) is 4.63. The van der Waals surface area contributed by atoms with Crippen LogP contribution in [0, 0.1) is 0 Å². The van der Waals surface area contributed by atoms with E-state index < -0.39 is 0 Å². The molecule has 19 heavy (non-hydrogen) atoms. The van der Waals surface area contributed by atoms with Crippen molar-refractivity contribution >= 4 is 11.8 Å². The van der Waals surface area contributed by atoms with Crippen LogP contribution in [0.2, 0.25) is 0 Å². The van der Waals surface area contributed by atoms with Crippen LogP contribution in [0.15, 0.2) is 47.5 Å². The number of aromatic nitrogens is 1. The molecule has 3 nitrogen and oxygen atoms in total. The van der Waals surface area contributed by atoms with Gasteiger partial charge in [0, 0.05) is 10.9 Å². The van der Waals surface area contributed by atoms with Crippen molar-refractivity contribution in [3.8, 4) is 11.5 Å². The molecular weight excluding hydrogens is 256 g/mol. The van der Waals surface area contributed by atoms with E-state index in [-0.39, 0.29) is 6.04 Å². The van der Waals surface area contributed by atoms with E-state index in [1.807, 2.05) is 49.6 Å². The van der Waals surface area contributed by atoms with Crippen molar-refractivity contribution in [3.63, 3.8) is 0 Å². The van der Waals surface area contributed by atoms with Crippen LogP contribution in [-0.2, 0) is 0 Å². The minimum absolute atomic E-state index is 0.00691. The van der Waals surface area contributed by atoms with Gasteiger partial charge in [-0.2, -0.15) is 0 Å². The molecule has 1 atom stereocenters. The number of pyridine rings is 1. The lowest BCUT2D eigenvalue weighted by atomic mass is 10.1. The largest absolute Gasteiger partial charge is 0.455 e. The van der Waals surface area contributed by atoms with Gasteiger partial charge < -0.3 is 10.5 Å². The van der Waals surface area contributed by atoms with Gasteiger partial charge in [0.15, 0.2) is 0 Å². The van der Waals surface area contributed by atoms with Gasteiger partial charge in [-0.05, 0) is 36.9 Å². The number of hydrogen-bond donors (Lipinski definition) is 1. The van der Waals surface area contributed by atoms with Gasteiger partial charge in [-0.15, -0.1) is 11.8 Å². The molecule has 2 N–H and O–H groups in total. The first-order chi connectivity index (χ1) is 9.24. The topological polar surface area (TPSA) is 48.1 Å². The zero-order valence-electron chi connectivity index (χ0n) is 11.2. The average molecular weight is 274 g/mol. The molecule has 0 saturated heterocycles. The van der Waals surface area contributed by atoms with Crippen molar-refractivity contribution in [2.24, 2.45) is 5.73 Å². The summed E-state index contributed by atoms with van der Waals surface area (Å²) < 4.78 is 5.84. The number of nitrogens with zero attached hydrogens (tertiary/aromatic N) is 1. The molecule has 0 unspecified atom stereocenters. The lowest BCUT2D eigenvalue weighted by Crippen LogP contribution is -2.10. The molecule has 1 heterocycles. The third-order valence-corrected chi connectivity index (χ3v) is 3.65. The molecule has 0 aliphatic carbocycles. The maximum atomic E-state index is 5.94. The number of ether oxygens (including phenoxy) is 1. The Morgan fingerprint density at radius 2 is 2.05 bits per heavy atom. The van der Waals surface area contributed by atoms with Crippen LogP contribution in [0.5, 0.6) is 11.5 Å². The molecular formula is C15H18N2OS. The number of thioether (sulfide) groups is 1. The first kappa shape index (κ1) is 13.9. The second kappa shape index (κ2) is 6.59. The molecule has 100 valence electrons. The molecule has 0 bridgehead atoms. The number of rotatable bonds is 5. The molecule has 0 aliphatic heterocycles. The van der Waals surface area contributed by atoms with Crippen molar-refractivity contribution in [3.05, 3.63) is 48.3 Å². The predicted molar refractivity (Wildman–Crippen MR) is 79.8 cm³/mol. The molecule has 0 saturated carbocycles. The number of hydrogen-bond acceptors (Lipinski definition) is 4. The minimum Gasteiger partial charge on any atom is -0.455 e.